The lowest BCUT2D eigenvalue weighted by Gasteiger charge is -2.39. The molecule has 0 saturated carbocycles. The summed E-state index contributed by atoms with van der Waals surface area (Å²) in [6.45, 7) is 0.422. The molecule has 2 aliphatic rings. The van der Waals surface area contributed by atoms with Crippen LogP contribution in [0.25, 0.3) is 0 Å². The molecule has 0 amide bonds. The number of nitrogens with zero attached hydrogens (tertiary/aromatic N) is 1. The molecule has 4 rings (SSSR count). The number of ether oxygens (including phenoxy) is 1. The van der Waals surface area contributed by atoms with E-state index in [0.29, 0.717) is 23.2 Å². The maximum absolute atomic E-state index is 12.8. The topological polar surface area (TPSA) is 41.6 Å². The van der Waals surface area contributed by atoms with Crippen LogP contribution in [0.15, 0.2) is 59.8 Å². The largest absolute Gasteiger partial charge is 0.489 e. The third-order valence-electron chi connectivity index (χ3n) is 5.23. The number of nitrogens with one attached hydrogen (secondary N) is 1. The van der Waals surface area contributed by atoms with Gasteiger partial charge in [0.15, 0.2) is 10.9 Å². The number of allylic oxidation sites excluding steroid dienone is 1. The monoisotopic (exact) mass is 412 g/mol. The van der Waals surface area contributed by atoms with E-state index >= 15 is 0 Å². The van der Waals surface area contributed by atoms with E-state index in [1.807, 2.05) is 60.5 Å². The Morgan fingerprint density at radius 3 is 2.71 bits per heavy atom. The summed E-state index contributed by atoms with van der Waals surface area (Å²) in [4.78, 5) is 14.7. The number of hydrogen-bond donors (Lipinski definition) is 1. The van der Waals surface area contributed by atoms with Gasteiger partial charge in [0.1, 0.15) is 12.4 Å². The van der Waals surface area contributed by atoms with Gasteiger partial charge in [-0.1, -0.05) is 41.9 Å². The molecular weight excluding hydrogens is 392 g/mol. The normalized spacial score (nSPS) is 19.4. The number of thiocarbonyl (C=S) groups is 1. The molecule has 1 N–H and O–H groups in total. The molecule has 6 heteroatoms. The minimum absolute atomic E-state index is 0.181. The molecule has 144 valence electrons. The standard InChI is InChI=1S/C22H21ClN2O2S/c1-25-17-6-4-7-18(26)20(17)21(24-22(25)28)16-5-2-3-8-19(16)27-13-14-9-11-15(23)12-10-14/h2-3,5,8-12,21H,4,6-7,13H2,1H3,(H,24,28). The zero-order chi connectivity index (χ0) is 19.7. The Balaban J connectivity index is 1.67. The lowest BCUT2D eigenvalue weighted by atomic mass is 9.84. The highest BCUT2D eigenvalue weighted by atomic mass is 35.5. The lowest BCUT2D eigenvalue weighted by molar-refractivity contribution is -0.116. The van der Waals surface area contributed by atoms with E-state index in [-0.39, 0.29) is 11.8 Å². The fourth-order valence-corrected chi connectivity index (χ4v) is 4.12. The van der Waals surface area contributed by atoms with Crippen LogP contribution in [-0.2, 0) is 11.4 Å². The summed E-state index contributed by atoms with van der Waals surface area (Å²) in [6, 6.07) is 15.1. The van der Waals surface area contributed by atoms with Crippen LogP contribution in [0.2, 0.25) is 5.02 Å². The van der Waals surface area contributed by atoms with Crippen molar-refractivity contribution in [3.63, 3.8) is 0 Å². The molecule has 0 bridgehead atoms. The number of rotatable bonds is 4. The lowest BCUT2D eigenvalue weighted by Crippen LogP contribution is -2.47. The number of halogens is 1. The highest BCUT2D eigenvalue weighted by Gasteiger charge is 2.36. The molecule has 28 heavy (non-hydrogen) atoms. The molecule has 0 spiro atoms. The van der Waals surface area contributed by atoms with Crippen molar-refractivity contribution >= 4 is 34.7 Å². The number of carbonyl (C=O) groups excluding carboxylic acids is 1. The first kappa shape index (κ1) is 19.0. The Morgan fingerprint density at radius 1 is 1.18 bits per heavy atom. The van der Waals surface area contributed by atoms with Crippen LogP contribution in [0.5, 0.6) is 5.75 Å². The molecule has 0 aromatic heterocycles. The molecule has 0 saturated heterocycles. The van der Waals surface area contributed by atoms with Crippen molar-refractivity contribution in [1.82, 2.24) is 10.2 Å². The van der Waals surface area contributed by atoms with E-state index < -0.39 is 0 Å². The summed E-state index contributed by atoms with van der Waals surface area (Å²) in [7, 11) is 1.92. The second-order valence-corrected chi connectivity index (χ2v) is 7.85. The Morgan fingerprint density at radius 2 is 1.93 bits per heavy atom. The van der Waals surface area contributed by atoms with Crippen molar-refractivity contribution < 1.29 is 9.53 Å². The van der Waals surface area contributed by atoms with Gasteiger partial charge in [0.2, 0.25) is 0 Å². The van der Waals surface area contributed by atoms with Gasteiger partial charge in [-0.15, -0.1) is 0 Å². The van der Waals surface area contributed by atoms with Crippen molar-refractivity contribution in [2.24, 2.45) is 0 Å². The highest BCUT2D eigenvalue weighted by molar-refractivity contribution is 7.80. The van der Waals surface area contributed by atoms with Gasteiger partial charge in [-0.05, 0) is 48.8 Å². The number of carbonyl (C=O) groups is 1. The second kappa shape index (κ2) is 7.94. The van der Waals surface area contributed by atoms with Crippen molar-refractivity contribution in [2.45, 2.75) is 31.9 Å². The average Bonchev–Trinajstić information content (AvgIpc) is 2.71. The maximum atomic E-state index is 12.8. The van der Waals surface area contributed by atoms with Gasteiger partial charge in [0.05, 0.1) is 6.04 Å². The van der Waals surface area contributed by atoms with Crippen molar-refractivity contribution in [2.75, 3.05) is 7.05 Å². The minimum Gasteiger partial charge on any atom is -0.489 e. The number of Topliss-reactive ketones (excluding diaryl/α,β-unsaturated/α-hetero) is 1. The molecule has 2 aromatic carbocycles. The van der Waals surface area contributed by atoms with E-state index in [2.05, 4.69) is 5.32 Å². The van der Waals surface area contributed by atoms with Crippen LogP contribution in [0.1, 0.15) is 36.4 Å². The summed E-state index contributed by atoms with van der Waals surface area (Å²) >= 11 is 11.5. The number of benzene rings is 2. The first-order valence-electron chi connectivity index (χ1n) is 9.31. The van der Waals surface area contributed by atoms with E-state index in [9.17, 15) is 4.79 Å². The smallest absolute Gasteiger partial charge is 0.173 e. The van der Waals surface area contributed by atoms with Gasteiger partial charge in [0.25, 0.3) is 0 Å². The SMILES string of the molecule is CN1C(=S)NC(c2ccccc2OCc2ccc(Cl)cc2)C2=C1CCCC2=O. The van der Waals surface area contributed by atoms with Crippen LogP contribution >= 0.6 is 23.8 Å². The number of ketones is 1. The predicted molar refractivity (Wildman–Crippen MR) is 114 cm³/mol. The van der Waals surface area contributed by atoms with Gasteiger partial charge in [0, 0.05) is 35.3 Å². The van der Waals surface area contributed by atoms with Gasteiger partial charge in [-0.3, -0.25) is 4.79 Å². The summed E-state index contributed by atoms with van der Waals surface area (Å²) in [5, 5.41) is 4.67. The third-order valence-corrected chi connectivity index (χ3v) is 5.88. The Kier molecular flexibility index (Phi) is 5.38. The molecule has 0 fully saturated rings. The number of hydrogen-bond acceptors (Lipinski definition) is 3. The zero-order valence-electron chi connectivity index (χ0n) is 15.6. The molecule has 1 heterocycles. The molecule has 4 nitrogen and oxygen atoms in total. The molecule has 2 aromatic rings. The third kappa shape index (κ3) is 3.64. The minimum atomic E-state index is -0.284. The Labute approximate surface area is 175 Å². The molecule has 1 aliphatic heterocycles. The fraction of sp³-hybridized carbons (Fsp3) is 0.273. The Hall–Kier alpha value is -2.37. The maximum Gasteiger partial charge on any atom is 0.173 e. The fourth-order valence-electron chi connectivity index (χ4n) is 3.76. The van der Waals surface area contributed by atoms with Crippen LogP contribution < -0.4 is 10.1 Å². The molecule has 0 radical (unpaired) electrons. The summed E-state index contributed by atoms with van der Waals surface area (Å²) in [5.41, 5.74) is 3.79. The van der Waals surface area contributed by atoms with Crippen LogP contribution in [-0.4, -0.2) is 22.8 Å². The van der Waals surface area contributed by atoms with Gasteiger partial charge in [-0.25, -0.2) is 0 Å². The van der Waals surface area contributed by atoms with Crippen LogP contribution in [0, 0.1) is 0 Å². The van der Waals surface area contributed by atoms with E-state index in [0.717, 1.165) is 41.0 Å². The van der Waals surface area contributed by atoms with E-state index in [1.54, 1.807) is 0 Å². The quantitative estimate of drug-likeness (QED) is 0.731. The van der Waals surface area contributed by atoms with Gasteiger partial charge in [-0.2, -0.15) is 0 Å². The molecule has 1 atom stereocenters. The Bertz CT molecular complexity index is 955. The zero-order valence-corrected chi connectivity index (χ0v) is 17.1. The first-order chi connectivity index (χ1) is 13.5. The second-order valence-electron chi connectivity index (χ2n) is 7.03. The average molecular weight is 413 g/mol. The van der Waals surface area contributed by atoms with Gasteiger partial charge >= 0.3 is 0 Å². The summed E-state index contributed by atoms with van der Waals surface area (Å²) in [5.74, 6) is 0.924. The predicted octanol–water partition coefficient (Wildman–Crippen LogP) is 4.79. The van der Waals surface area contributed by atoms with Crippen molar-refractivity contribution in [3.05, 3.63) is 76.0 Å². The van der Waals surface area contributed by atoms with Gasteiger partial charge < -0.3 is 15.0 Å². The van der Waals surface area contributed by atoms with Crippen LogP contribution in [0.4, 0.5) is 0 Å². The van der Waals surface area contributed by atoms with Crippen molar-refractivity contribution in [3.8, 4) is 5.75 Å². The van der Waals surface area contributed by atoms with Crippen molar-refractivity contribution in [1.29, 1.82) is 0 Å². The summed E-state index contributed by atoms with van der Waals surface area (Å²) < 4.78 is 6.12. The molecule has 1 aliphatic carbocycles. The first-order valence-corrected chi connectivity index (χ1v) is 10.1. The van der Waals surface area contributed by atoms with E-state index in [4.69, 9.17) is 28.6 Å². The molecular formula is C22H21ClN2O2S. The summed E-state index contributed by atoms with van der Waals surface area (Å²) in [6.07, 6.45) is 2.31. The van der Waals surface area contributed by atoms with E-state index in [1.165, 1.54) is 0 Å². The molecule has 1 unspecified atom stereocenters. The van der Waals surface area contributed by atoms with Crippen LogP contribution in [0.3, 0.4) is 0 Å². The number of para-hydroxylation sites is 1. The highest BCUT2D eigenvalue weighted by Crippen LogP contribution is 2.39.